The van der Waals surface area contributed by atoms with Crippen molar-refractivity contribution in [3.63, 3.8) is 0 Å². The van der Waals surface area contributed by atoms with Crippen LogP contribution in [0.1, 0.15) is 41.7 Å². The fraction of sp³-hybridized carbons (Fsp3) is 0.368. The number of hydrogen-bond acceptors (Lipinski definition) is 4. The number of hydrogen-bond donors (Lipinski definition) is 3. The minimum atomic E-state index is -0.209. The third-order valence-electron chi connectivity index (χ3n) is 4.56. The Balaban J connectivity index is 1.42. The maximum atomic E-state index is 12.1. The summed E-state index contributed by atoms with van der Waals surface area (Å²) in [7, 11) is 0. The van der Waals surface area contributed by atoms with E-state index in [1.54, 1.807) is 12.2 Å². The first-order valence-electron chi connectivity index (χ1n) is 8.88. The summed E-state index contributed by atoms with van der Waals surface area (Å²) in [6.07, 6.45) is 8.66. The van der Waals surface area contributed by atoms with Crippen LogP contribution in [0.4, 0.5) is 0 Å². The lowest BCUT2D eigenvalue weighted by atomic mass is 9.85. The smallest absolute Gasteiger partial charge is 0.273 e. The van der Waals surface area contributed by atoms with Crippen molar-refractivity contribution in [1.82, 2.24) is 26.0 Å². The van der Waals surface area contributed by atoms with E-state index in [0.29, 0.717) is 18.2 Å². The molecule has 7 heteroatoms. The van der Waals surface area contributed by atoms with Gasteiger partial charge in [-0.25, -0.2) is 0 Å². The Labute approximate surface area is 152 Å². The lowest BCUT2D eigenvalue weighted by Crippen LogP contribution is -2.41. The Bertz CT molecular complexity index is 743. The van der Waals surface area contributed by atoms with Crippen molar-refractivity contribution in [3.05, 3.63) is 53.9 Å². The molecule has 2 aromatic rings. The molecule has 2 amide bonds. The standard InChI is InChI=1S/C19H23N5O2/c25-18(10-9-14-5-2-1-3-6-14)20-12-15-7-4-8-16(11-15)22-19(26)17-13-21-24-23-17/h1-3,5-6,9-10,13,15-16H,4,7-8,11-12H2,(H,20,25)(H,22,26)(H,21,23,24)/b10-9+/t15-,16+/m1/s1. The summed E-state index contributed by atoms with van der Waals surface area (Å²) in [4.78, 5) is 24.0. The van der Waals surface area contributed by atoms with E-state index < -0.39 is 0 Å². The zero-order valence-corrected chi connectivity index (χ0v) is 14.5. The summed E-state index contributed by atoms with van der Waals surface area (Å²) in [6.45, 7) is 0.619. The van der Waals surface area contributed by atoms with Gasteiger partial charge in [-0.05, 0) is 36.8 Å². The van der Waals surface area contributed by atoms with E-state index in [0.717, 1.165) is 31.2 Å². The highest BCUT2D eigenvalue weighted by Crippen LogP contribution is 2.24. The largest absolute Gasteiger partial charge is 0.352 e. The van der Waals surface area contributed by atoms with Crippen LogP contribution in [0.2, 0.25) is 0 Å². The van der Waals surface area contributed by atoms with E-state index in [1.165, 1.54) is 6.20 Å². The molecule has 0 aliphatic heterocycles. The normalized spacial score (nSPS) is 20.0. The Hall–Kier alpha value is -2.96. The number of aromatic nitrogens is 3. The molecule has 26 heavy (non-hydrogen) atoms. The average molecular weight is 353 g/mol. The van der Waals surface area contributed by atoms with Gasteiger partial charge in [0.2, 0.25) is 5.91 Å². The van der Waals surface area contributed by atoms with Crippen LogP contribution in [0.15, 0.2) is 42.6 Å². The molecule has 1 fully saturated rings. The molecular formula is C19H23N5O2. The van der Waals surface area contributed by atoms with Gasteiger partial charge in [0.05, 0.1) is 6.20 Å². The van der Waals surface area contributed by atoms with E-state index in [1.807, 2.05) is 30.3 Å². The molecule has 1 heterocycles. The first kappa shape index (κ1) is 17.8. The molecule has 2 atom stereocenters. The van der Waals surface area contributed by atoms with E-state index in [2.05, 4.69) is 26.0 Å². The first-order chi connectivity index (χ1) is 12.7. The summed E-state index contributed by atoms with van der Waals surface area (Å²) in [5.74, 6) is 0.0577. The van der Waals surface area contributed by atoms with Crippen molar-refractivity contribution in [2.75, 3.05) is 6.54 Å². The number of rotatable bonds is 6. The number of carbonyl (C=O) groups is 2. The van der Waals surface area contributed by atoms with Gasteiger partial charge >= 0.3 is 0 Å². The fourth-order valence-electron chi connectivity index (χ4n) is 3.22. The predicted molar refractivity (Wildman–Crippen MR) is 98.1 cm³/mol. The summed E-state index contributed by atoms with van der Waals surface area (Å²) < 4.78 is 0. The van der Waals surface area contributed by atoms with Crippen LogP contribution in [-0.2, 0) is 4.79 Å². The van der Waals surface area contributed by atoms with Crippen molar-refractivity contribution in [2.45, 2.75) is 31.7 Å². The molecular weight excluding hydrogens is 330 g/mol. The van der Waals surface area contributed by atoms with Crippen molar-refractivity contribution >= 4 is 17.9 Å². The molecule has 0 bridgehead atoms. The van der Waals surface area contributed by atoms with E-state index in [-0.39, 0.29) is 17.9 Å². The number of carbonyl (C=O) groups excluding carboxylic acids is 2. The van der Waals surface area contributed by atoms with Gasteiger partial charge in [0.15, 0.2) is 5.69 Å². The molecule has 3 rings (SSSR count). The van der Waals surface area contributed by atoms with Crippen molar-refractivity contribution in [2.24, 2.45) is 5.92 Å². The number of H-pyrrole nitrogens is 1. The number of aromatic amines is 1. The minimum Gasteiger partial charge on any atom is -0.352 e. The molecule has 3 N–H and O–H groups in total. The van der Waals surface area contributed by atoms with Crippen LogP contribution < -0.4 is 10.6 Å². The van der Waals surface area contributed by atoms with Gasteiger partial charge in [-0.3, -0.25) is 9.59 Å². The van der Waals surface area contributed by atoms with Crippen LogP contribution >= 0.6 is 0 Å². The maximum absolute atomic E-state index is 12.1. The summed E-state index contributed by atoms with van der Waals surface area (Å²) in [5, 5.41) is 15.8. The number of nitrogens with zero attached hydrogens (tertiary/aromatic N) is 2. The van der Waals surface area contributed by atoms with E-state index in [9.17, 15) is 9.59 Å². The first-order valence-corrected chi connectivity index (χ1v) is 8.88. The minimum absolute atomic E-state index is 0.0948. The molecule has 1 aromatic heterocycles. The summed E-state index contributed by atoms with van der Waals surface area (Å²) in [5.41, 5.74) is 1.29. The van der Waals surface area contributed by atoms with Gasteiger partial charge in [0, 0.05) is 18.7 Å². The molecule has 7 nitrogen and oxygen atoms in total. The second-order valence-electron chi connectivity index (χ2n) is 6.55. The quantitative estimate of drug-likeness (QED) is 0.691. The average Bonchev–Trinajstić information content (AvgIpc) is 3.21. The molecule has 1 aliphatic rings. The zero-order valence-electron chi connectivity index (χ0n) is 14.5. The van der Waals surface area contributed by atoms with Crippen LogP contribution in [0.5, 0.6) is 0 Å². The molecule has 136 valence electrons. The number of amides is 2. The Morgan fingerprint density at radius 1 is 1.23 bits per heavy atom. The SMILES string of the molecule is O=C(/C=C/c1ccccc1)NC[C@@H]1CCC[C@H](NC(=O)c2cn[nH]n2)C1. The van der Waals surface area contributed by atoms with Gasteiger partial charge in [-0.2, -0.15) is 15.4 Å². The fourth-order valence-corrected chi connectivity index (χ4v) is 3.22. The van der Waals surface area contributed by atoms with Crippen LogP contribution in [-0.4, -0.2) is 39.8 Å². The predicted octanol–water partition coefficient (Wildman–Crippen LogP) is 1.92. The lowest BCUT2D eigenvalue weighted by molar-refractivity contribution is -0.116. The molecule has 1 aliphatic carbocycles. The van der Waals surface area contributed by atoms with Gasteiger partial charge in [0.25, 0.3) is 5.91 Å². The Kier molecular flexibility index (Phi) is 6.14. The Morgan fingerprint density at radius 3 is 2.85 bits per heavy atom. The zero-order chi connectivity index (χ0) is 18.2. The van der Waals surface area contributed by atoms with Crippen LogP contribution in [0.3, 0.4) is 0 Å². The van der Waals surface area contributed by atoms with Gasteiger partial charge in [-0.15, -0.1) is 0 Å². The Morgan fingerprint density at radius 2 is 2.08 bits per heavy atom. The molecule has 1 aromatic carbocycles. The van der Waals surface area contributed by atoms with Gasteiger partial charge < -0.3 is 10.6 Å². The number of benzene rings is 1. The monoisotopic (exact) mass is 353 g/mol. The molecule has 0 radical (unpaired) electrons. The highest BCUT2D eigenvalue weighted by Gasteiger charge is 2.24. The summed E-state index contributed by atoms with van der Waals surface area (Å²) in [6, 6.07) is 9.83. The van der Waals surface area contributed by atoms with Gasteiger partial charge in [-0.1, -0.05) is 36.8 Å². The van der Waals surface area contributed by atoms with E-state index in [4.69, 9.17) is 0 Å². The lowest BCUT2D eigenvalue weighted by Gasteiger charge is -2.29. The third-order valence-corrected chi connectivity index (χ3v) is 4.56. The number of nitrogens with one attached hydrogen (secondary N) is 3. The highest BCUT2D eigenvalue weighted by atomic mass is 16.2. The second-order valence-corrected chi connectivity index (χ2v) is 6.55. The van der Waals surface area contributed by atoms with Crippen LogP contribution in [0.25, 0.3) is 6.08 Å². The third kappa shape index (κ3) is 5.27. The topological polar surface area (TPSA) is 99.8 Å². The van der Waals surface area contributed by atoms with Crippen molar-refractivity contribution < 1.29 is 9.59 Å². The molecule has 1 saturated carbocycles. The van der Waals surface area contributed by atoms with Crippen molar-refractivity contribution in [1.29, 1.82) is 0 Å². The molecule has 0 saturated heterocycles. The second kappa shape index (κ2) is 8.94. The molecule has 0 spiro atoms. The van der Waals surface area contributed by atoms with E-state index >= 15 is 0 Å². The van der Waals surface area contributed by atoms with Gasteiger partial charge in [0.1, 0.15) is 0 Å². The maximum Gasteiger partial charge on any atom is 0.273 e. The highest BCUT2D eigenvalue weighted by molar-refractivity contribution is 5.92. The van der Waals surface area contributed by atoms with Crippen molar-refractivity contribution in [3.8, 4) is 0 Å². The summed E-state index contributed by atoms with van der Waals surface area (Å²) >= 11 is 0. The molecule has 0 unspecified atom stereocenters. The van der Waals surface area contributed by atoms with Crippen LogP contribution in [0, 0.1) is 5.92 Å².